The molecule has 0 atom stereocenters. The first-order chi connectivity index (χ1) is 10.3. The summed E-state index contributed by atoms with van der Waals surface area (Å²) in [6, 6.07) is 18.6. The van der Waals surface area contributed by atoms with Crippen molar-refractivity contribution in [1.29, 1.82) is 0 Å². The molecule has 0 unspecified atom stereocenters. The molecule has 0 heterocycles. The second-order valence-corrected chi connectivity index (χ2v) is 5.12. The summed E-state index contributed by atoms with van der Waals surface area (Å²) in [5.74, 6) is -0.0330. The minimum absolute atomic E-state index is 0. The number of carbonyl (C=O) groups is 1. The van der Waals surface area contributed by atoms with E-state index < -0.39 is 0 Å². The molecule has 0 aromatic heterocycles. The number of hydrogen-bond donors (Lipinski definition) is 2. The van der Waals surface area contributed by atoms with Gasteiger partial charge in [-0.05, 0) is 42.5 Å². The van der Waals surface area contributed by atoms with Crippen LogP contribution >= 0.6 is 12.4 Å². The maximum atomic E-state index is 11.4. The zero-order valence-corrected chi connectivity index (χ0v) is 13.4. The lowest BCUT2D eigenvalue weighted by molar-refractivity contribution is -0.116. The first kappa shape index (κ1) is 18.2. The summed E-state index contributed by atoms with van der Waals surface area (Å²) in [6.45, 7) is 0.378. The van der Waals surface area contributed by atoms with Gasteiger partial charge in [-0.15, -0.1) is 12.4 Å². The average molecular weight is 319 g/mol. The molecule has 0 fully saturated rings. The SMILES string of the molecule is Cl.NCCC(=O)Nc1ccc(CCCc2ccccc2)cc1. The highest BCUT2D eigenvalue weighted by atomic mass is 35.5. The molecule has 0 aliphatic carbocycles. The number of halogens is 1. The Morgan fingerprint density at radius 3 is 2.09 bits per heavy atom. The van der Waals surface area contributed by atoms with Crippen molar-refractivity contribution < 1.29 is 4.79 Å². The number of anilines is 1. The van der Waals surface area contributed by atoms with Gasteiger partial charge in [0.15, 0.2) is 0 Å². The zero-order valence-electron chi connectivity index (χ0n) is 12.6. The Bertz CT molecular complexity index is 555. The van der Waals surface area contributed by atoms with Crippen LogP contribution in [0.2, 0.25) is 0 Å². The van der Waals surface area contributed by atoms with Gasteiger partial charge >= 0.3 is 0 Å². The Morgan fingerprint density at radius 1 is 0.909 bits per heavy atom. The molecule has 4 heteroatoms. The van der Waals surface area contributed by atoms with E-state index in [9.17, 15) is 4.79 Å². The van der Waals surface area contributed by atoms with Crippen molar-refractivity contribution in [3.05, 3.63) is 65.7 Å². The predicted molar refractivity (Wildman–Crippen MR) is 94.5 cm³/mol. The van der Waals surface area contributed by atoms with Gasteiger partial charge in [-0.1, -0.05) is 42.5 Å². The lowest BCUT2D eigenvalue weighted by Gasteiger charge is -2.06. The third-order valence-electron chi connectivity index (χ3n) is 3.38. The van der Waals surface area contributed by atoms with Gasteiger partial charge in [0.1, 0.15) is 0 Å². The molecule has 0 saturated heterocycles. The maximum Gasteiger partial charge on any atom is 0.225 e. The molecule has 2 aromatic rings. The van der Waals surface area contributed by atoms with Crippen LogP contribution in [0.15, 0.2) is 54.6 Å². The first-order valence-electron chi connectivity index (χ1n) is 7.41. The average Bonchev–Trinajstić information content (AvgIpc) is 2.50. The lowest BCUT2D eigenvalue weighted by atomic mass is 10.0. The Morgan fingerprint density at radius 2 is 1.50 bits per heavy atom. The van der Waals surface area contributed by atoms with Crippen LogP contribution in [0.5, 0.6) is 0 Å². The molecule has 0 saturated carbocycles. The topological polar surface area (TPSA) is 55.1 Å². The third kappa shape index (κ3) is 6.29. The van der Waals surface area contributed by atoms with E-state index in [4.69, 9.17) is 5.73 Å². The van der Waals surface area contributed by atoms with Gasteiger partial charge in [0, 0.05) is 18.7 Å². The van der Waals surface area contributed by atoms with Crippen LogP contribution in [0.3, 0.4) is 0 Å². The van der Waals surface area contributed by atoms with Crippen LogP contribution < -0.4 is 11.1 Å². The Balaban J connectivity index is 0.00000242. The smallest absolute Gasteiger partial charge is 0.225 e. The van der Waals surface area contributed by atoms with Crippen molar-refractivity contribution in [3.8, 4) is 0 Å². The van der Waals surface area contributed by atoms with Gasteiger partial charge in [0.25, 0.3) is 0 Å². The first-order valence-corrected chi connectivity index (χ1v) is 7.41. The van der Waals surface area contributed by atoms with E-state index in [-0.39, 0.29) is 18.3 Å². The van der Waals surface area contributed by atoms with Gasteiger partial charge in [0.05, 0.1) is 0 Å². The highest BCUT2D eigenvalue weighted by molar-refractivity contribution is 5.90. The molecule has 0 aliphatic rings. The molecule has 2 aromatic carbocycles. The fraction of sp³-hybridized carbons (Fsp3) is 0.278. The van der Waals surface area contributed by atoms with Crippen molar-refractivity contribution >= 4 is 24.0 Å². The number of nitrogens with one attached hydrogen (secondary N) is 1. The van der Waals surface area contributed by atoms with Crippen LogP contribution in [0.1, 0.15) is 24.0 Å². The second-order valence-electron chi connectivity index (χ2n) is 5.12. The fourth-order valence-corrected chi connectivity index (χ4v) is 2.25. The van der Waals surface area contributed by atoms with Gasteiger partial charge in [-0.2, -0.15) is 0 Å². The van der Waals surface area contributed by atoms with Crippen molar-refractivity contribution in [3.63, 3.8) is 0 Å². The van der Waals surface area contributed by atoms with Gasteiger partial charge < -0.3 is 11.1 Å². The summed E-state index contributed by atoms with van der Waals surface area (Å²) in [4.78, 5) is 11.4. The quantitative estimate of drug-likeness (QED) is 0.820. The van der Waals surface area contributed by atoms with Crippen molar-refractivity contribution in [1.82, 2.24) is 0 Å². The molecule has 3 nitrogen and oxygen atoms in total. The summed E-state index contributed by atoms with van der Waals surface area (Å²) in [6.07, 6.45) is 3.63. The number of hydrogen-bond acceptors (Lipinski definition) is 2. The third-order valence-corrected chi connectivity index (χ3v) is 3.38. The predicted octanol–water partition coefficient (Wildman–Crippen LogP) is 3.57. The van der Waals surface area contributed by atoms with Crippen molar-refractivity contribution in [2.75, 3.05) is 11.9 Å². The molecule has 1 amide bonds. The fourth-order valence-electron chi connectivity index (χ4n) is 2.25. The zero-order chi connectivity index (χ0) is 14.9. The number of amides is 1. The van der Waals surface area contributed by atoms with Gasteiger partial charge in [-0.25, -0.2) is 0 Å². The minimum atomic E-state index is -0.0330. The van der Waals surface area contributed by atoms with Crippen molar-refractivity contribution in [2.45, 2.75) is 25.7 Å². The summed E-state index contributed by atoms with van der Waals surface area (Å²) in [5.41, 5.74) is 8.85. The molecule has 0 radical (unpaired) electrons. The van der Waals surface area contributed by atoms with Crippen LogP contribution in [-0.4, -0.2) is 12.5 Å². The number of benzene rings is 2. The molecular formula is C18H23ClN2O. The maximum absolute atomic E-state index is 11.4. The highest BCUT2D eigenvalue weighted by Gasteiger charge is 2.01. The molecular weight excluding hydrogens is 296 g/mol. The number of nitrogens with two attached hydrogens (primary N) is 1. The summed E-state index contributed by atoms with van der Waals surface area (Å²) >= 11 is 0. The van der Waals surface area contributed by atoms with E-state index in [1.54, 1.807) is 0 Å². The molecule has 2 rings (SSSR count). The molecule has 0 bridgehead atoms. The Hall–Kier alpha value is -1.84. The molecule has 0 aliphatic heterocycles. The Kier molecular flexibility index (Phi) is 8.26. The highest BCUT2D eigenvalue weighted by Crippen LogP contribution is 2.13. The minimum Gasteiger partial charge on any atom is -0.330 e. The molecule has 0 spiro atoms. The normalized spacial score (nSPS) is 9.86. The lowest BCUT2D eigenvalue weighted by Crippen LogP contribution is -2.16. The van der Waals surface area contributed by atoms with Gasteiger partial charge in [-0.3, -0.25) is 4.79 Å². The Labute approximate surface area is 138 Å². The molecule has 22 heavy (non-hydrogen) atoms. The number of aryl methyl sites for hydroxylation is 2. The van der Waals surface area contributed by atoms with Gasteiger partial charge in [0.2, 0.25) is 5.91 Å². The van der Waals surface area contributed by atoms with Crippen LogP contribution in [-0.2, 0) is 17.6 Å². The van der Waals surface area contributed by atoms with E-state index >= 15 is 0 Å². The van der Waals surface area contributed by atoms with Crippen LogP contribution in [0.4, 0.5) is 5.69 Å². The summed E-state index contributed by atoms with van der Waals surface area (Å²) < 4.78 is 0. The molecule has 3 N–H and O–H groups in total. The largest absolute Gasteiger partial charge is 0.330 e. The van der Waals surface area contributed by atoms with Crippen molar-refractivity contribution in [2.24, 2.45) is 5.73 Å². The number of carbonyl (C=O) groups excluding carboxylic acids is 1. The second kappa shape index (κ2) is 9.98. The van der Waals surface area contributed by atoms with E-state index in [0.29, 0.717) is 13.0 Å². The van der Waals surface area contributed by atoms with E-state index in [0.717, 1.165) is 24.9 Å². The van der Waals surface area contributed by atoms with E-state index in [1.807, 2.05) is 18.2 Å². The standard InChI is InChI=1S/C18H22N2O.ClH/c19-14-13-18(21)20-17-11-9-16(10-12-17)8-4-7-15-5-2-1-3-6-15;/h1-3,5-6,9-12H,4,7-8,13-14,19H2,(H,20,21);1H. The van der Waals surface area contributed by atoms with Crippen LogP contribution in [0.25, 0.3) is 0 Å². The van der Waals surface area contributed by atoms with Crippen LogP contribution in [0, 0.1) is 0 Å². The summed E-state index contributed by atoms with van der Waals surface area (Å²) in [5, 5.41) is 2.83. The monoisotopic (exact) mass is 318 g/mol. The van der Waals surface area contributed by atoms with E-state index in [1.165, 1.54) is 11.1 Å². The van der Waals surface area contributed by atoms with E-state index in [2.05, 4.69) is 41.7 Å². The number of rotatable bonds is 7. The molecule has 118 valence electrons. The summed E-state index contributed by atoms with van der Waals surface area (Å²) in [7, 11) is 0.